The van der Waals surface area contributed by atoms with Crippen molar-refractivity contribution in [1.29, 1.82) is 0 Å². The highest BCUT2D eigenvalue weighted by Gasteiger charge is 2.24. The molecule has 5 nitrogen and oxygen atoms in total. The number of hydrogen-bond acceptors (Lipinski definition) is 4. The monoisotopic (exact) mass is 347 g/mol. The van der Waals surface area contributed by atoms with Crippen molar-refractivity contribution in [2.45, 2.75) is 32.2 Å². The number of nitrogens with one attached hydrogen (secondary N) is 1. The van der Waals surface area contributed by atoms with Gasteiger partial charge in [-0.15, -0.1) is 11.3 Å². The van der Waals surface area contributed by atoms with Crippen LogP contribution in [0.2, 0.25) is 0 Å². The number of amides is 2. The smallest absolute Gasteiger partial charge is 0.318 e. The van der Waals surface area contributed by atoms with E-state index in [1.807, 2.05) is 30.3 Å². The molecule has 0 saturated carbocycles. The van der Waals surface area contributed by atoms with Gasteiger partial charge in [-0.25, -0.2) is 9.78 Å². The number of carbonyl (C=O) groups is 1. The van der Waals surface area contributed by atoms with Crippen molar-refractivity contribution in [1.82, 2.24) is 15.2 Å². The van der Waals surface area contributed by atoms with Crippen LogP contribution in [0.3, 0.4) is 0 Å². The van der Waals surface area contributed by atoms with E-state index < -0.39 is 0 Å². The molecule has 1 atom stereocenters. The van der Waals surface area contributed by atoms with E-state index in [0.29, 0.717) is 6.54 Å². The number of aromatic nitrogens is 1. The third-order valence-corrected chi connectivity index (χ3v) is 4.63. The third kappa shape index (κ3) is 4.55. The van der Waals surface area contributed by atoms with Gasteiger partial charge in [-0.1, -0.05) is 51.1 Å². The van der Waals surface area contributed by atoms with Crippen LogP contribution >= 0.6 is 11.3 Å². The van der Waals surface area contributed by atoms with Crippen molar-refractivity contribution < 1.29 is 9.90 Å². The summed E-state index contributed by atoms with van der Waals surface area (Å²) in [4.78, 5) is 18.6. The zero-order valence-electron chi connectivity index (χ0n) is 14.6. The first-order valence-corrected chi connectivity index (χ1v) is 8.84. The fraction of sp³-hybridized carbons (Fsp3) is 0.444. The zero-order valence-corrected chi connectivity index (χ0v) is 15.4. The summed E-state index contributed by atoms with van der Waals surface area (Å²) in [5.74, 6) is 0. The van der Waals surface area contributed by atoms with Gasteiger partial charge in [-0.05, 0) is 5.56 Å². The van der Waals surface area contributed by atoms with Crippen LogP contribution in [-0.2, 0) is 5.41 Å². The van der Waals surface area contributed by atoms with Gasteiger partial charge in [0.1, 0.15) is 11.0 Å². The number of thiazole rings is 1. The molecule has 6 heteroatoms. The minimum Gasteiger partial charge on any atom is -0.395 e. The first-order chi connectivity index (χ1) is 11.3. The average molecular weight is 347 g/mol. The van der Waals surface area contributed by atoms with Gasteiger partial charge in [0, 0.05) is 24.4 Å². The van der Waals surface area contributed by atoms with E-state index in [2.05, 4.69) is 31.5 Å². The summed E-state index contributed by atoms with van der Waals surface area (Å²) in [6, 6.07) is 9.27. The van der Waals surface area contributed by atoms with Gasteiger partial charge < -0.3 is 15.3 Å². The lowest BCUT2D eigenvalue weighted by Crippen LogP contribution is -2.41. The van der Waals surface area contributed by atoms with Crippen molar-refractivity contribution in [3.05, 3.63) is 52.0 Å². The quantitative estimate of drug-likeness (QED) is 0.873. The minimum absolute atomic E-state index is 0.0341. The lowest BCUT2D eigenvalue weighted by atomic mass is 9.93. The SMILES string of the molecule is CN(CCO)C(=O)N[C@@H](c1ccccc1)c1nc(C(C)(C)C)cs1. The highest BCUT2D eigenvalue weighted by Crippen LogP contribution is 2.30. The van der Waals surface area contributed by atoms with Crippen LogP contribution in [0.4, 0.5) is 4.79 Å². The fourth-order valence-corrected chi connectivity index (χ4v) is 3.30. The van der Waals surface area contributed by atoms with Crippen molar-refractivity contribution in [3.8, 4) is 0 Å². The van der Waals surface area contributed by atoms with Gasteiger partial charge in [-0.2, -0.15) is 0 Å². The number of benzene rings is 1. The van der Waals surface area contributed by atoms with Crippen LogP contribution in [0.15, 0.2) is 35.7 Å². The number of likely N-dealkylation sites (N-methyl/N-ethyl adjacent to an activating group) is 1. The molecule has 0 fully saturated rings. The molecule has 0 unspecified atom stereocenters. The topological polar surface area (TPSA) is 65.5 Å². The standard InChI is InChI=1S/C18H25N3O2S/c1-18(2,3)14-12-24-16(19-14)15(13-8-6-5-7-9-13)20-17(23)21(4)10-11-22/h5-9,12,15,22H,10-11H2,1-4H3,(H,20,23)/t15-/m0/s1. The molecule has 0 saturated heterocycles. The first kappa shape index (κ1) is 18.4. The third-order valence-electron chi connectivity index (χ3n) is 3.72. The van der Waals surface area contributed by atoms with Crippen LogP contribution in [0.25, 0.3) is 0 Å². The van der Waals surface area contributed by atoms with E-state index in [1.54, 1.807) is 18.4 Å². The molecule has 1 aromatic heterocycles. The molecule has 24 heavy (non-hydrogen) atoms. The van der Waals surface area contributed by atoms with Gasteiger partial charge in [0.25, 0.3) is 0 Å². The molecular formula is C18H25N3O2S. The van der Waals surface area contributed by atoms with E-state index in [-0.39, 0.29) is 24.1 Å². The summed E-state index contributed by atoms with van der Waals surface area (Å²) in [5.41, 5.74) is 1.97. The maximum absolute atomic E-state index is 12.4. The second kappa shape index (κ2) is 7.77. The van der Waals surface area contributed by atoms with Gasteiger partial charge >= 0.3 is 6.03 Å². The predicted octanol–water partition coefficient (Wildman–Crippen LogP) is 3.16. The summed E-state index contributed by atoms with van der Waals surface area (Å²) in [5, 5.41) is 14.9. The Bertz CT molecular complexity index is 664. The zero-order chi connectivity index (χ0) is 17.7. The summed E-state index contributed by atoms with van der Waals surface area (Å²) in [6.45, 7) is 6.59. The Labute approximate surface area is 147 Å². The van der Waals surface area contributed by atoms with Crippen LogP contribution in [-0.4, -0.2) is 41.2 Å². The highest BCUT2D eigenvalue weighted by atomic mass is 32.1. The molecular weight excluding hydrogens is 322 g/mol. The summed E-state index contributed by atoms with van der Waals surface area (Å²) >= 11 is 1.55. The molecule has 0 aliphatic heterocycles. The van der Waals surface area contributed by atoms with Crippen molar-refractivity contribution >= 4 is 17.4 Å². The Kier molecular flexibility index (Phi) is 5.96. The normalized spacial score (nSPS) is 12.7. The van der Waals surface area contributed by atoms with Crippen LogP contribution in [0.1, 0.15) is 43.1 Å². The Hall–Kier alpha value is -1.92. The Morgan fingerprint density at radius 2 is 2.00 bits per heavy atom. The van der Waals surface area contributed by atoms with E-state index in [0.717, 1.165) is 16.3 Å². The molecule has 1 aromatic carbocycles. The van der Waals surface area contributed by atoms with Gasteiger partial charge in [0.15, 0.2) is 0 Å². The molecule has 0 aliphatic rings. The lowest BCUT2D eigenvalue weighted by Gasteiger charge is -2.22. The maximum atomic E-state index is 12.4. The second-order valence-corrected chi connectivity index (χ2v) is 7.65. The molecule has 2 aromatic rings. The summed E-state index contributed by atoms with van der Waals surface area (Å²) < 4.78 is 0. The van der Waals surface area contributed by atoms with E-state index in [1.165, 1.54) is 4.90 Å². The summed E-state index contributed by atoms with van der Waals surface area (Å²) in [6.07, 6.45) is 0. The maximum Gasteiger partial charge on any atom is 0.318 e. The highest BCUT2D eigenvalue weighted by molar-refractivity contribution is 7.09. The molecule has 0 aliphatic carbocycles. The molecule has 2 amide bonds. The number of hydrogen-bond donors (Lipinski definition) is 2. The van der Waals surface area contributed by atoms with E-state index >= 15 is 0 Å². The number of urea groups is 1. The van der Waals surface area contributed by atoms with Gasteiger partial charge in [0.2, 0.25) is 0 Å². The fourth-order valence-electron chi connectivity index (χ4n) is 2.18. The average Bonchev–Trinajstić information content (AvgIpc) is 3.03. The molecule has 0 bridgehead atoms. The van der Waals surface area contributed by atoms with E-state index in [9.17, 15) is 4.79 Å². The van der Waals surface area contributed by atoms with Crippen LogP contribution < -0.4 is 5.32 Å². The van der Waals surface area contributed by atoms with Gasteiger partial charge in [-0.3, -0.25) is 0 Å². The second-order valence-electron chi connectivity index (χ2n) is 6.76. The minimum atomic E-state index is -0.305. The number of aliphatic hydroxyl groups is 1. The molecule has 1 heterocycles. The lowest BCUT2D eigenvalue weighted by molar-refractivity contribution is 0.188. The largest absolute Gasteiger partial charge is 0.395 e. The number of nitrogens with zero attached hydrogens (tertiary/aromatic N) is 2. The Morgan fingerprint density at radius 3 is 2.54 bits per heavy atom. The van der Waals surface area contributed by atoms with Crippen molar-refractivity contribution in [3.63, 3.8) is 0 Å². The van der Waals surface area contributed by atoms with Gasteiger partial charge in [0.05, 0.1) is 12.3 Å². The first-order valence-electron chi connectivity index (χ1n) is 7.96. The molecule has 2 N–H and O–H groups in total. The Morgan fingerprint density at radius 1 is 1.33 bits per heavy atom. The number of aliphatic hydroxyl groups excluding tert-OH is 1. The molecule has 2 rings (SSSR count). The number of rotatable bonds is 5. The molecule has 0 spiro atoms. The van der Waals surface area contributed by atoms with Crippen molar-refractivity contribution in [2.24, 2.45) is 0 Å². The van der Waals surface area contributed by atoms with Crippen LogP contribution in [0, 0.1) is 0 Å². The van der Waals surface area contributed by atoms with Crippen LogP contribution in [0.5, 0.6) is 0 Å². The molecule has 130 valence electrons. The summed E-state index contributed by atoms with van der Waals surface area (Å²) in [7, 11) is 1.66. The van der Waals surface area contributed by atoms with E-state index in [4.69, 9.17) is 10.1 Å². The molecule has 0 radical (unpaired) electrons. The predicted molar refractivity (Wildman–Crippen MR) is 97.3 cm³/mol. The van der Waals surface area contributed by atoms with Crippen molar-refractivity contribution in [2.75, 3.05) is 20.2 Å². The number of carbonyl (C=O) groups excluding carboxylic acids is 1. The Balaban J connectivity index is 2.30.